The van der Waals surface area contributed by atoms with Crippen molar-refractivity contribution in [2.45, 2.75) is 13.0 Å². The number of anilines is 2. The Balaban J connectivity index is 1.83. The van der Waals surface area contributed by atoms with E-state index in [1.165, 1.54) is 0 Å². The van der Waals surface area contributed by atoms with E-state index < -0.39 is 18.0 Å². The number of carbonyl (C=O) groups is 2. The zero-order valence-electron chi connectivity index (χ0n) is 18.5. The van der Waals surface area contributed by atoms with E-state index in [2.05, 4.69) is 31.9 Å². The molecule has 0 radical (unpaired) electrons. The third-order valence-corrected chi connectivity index (χ3v) is 6.18. The molecule has 1 heterocycles. The van der Waals surface area contributed by atoms with Crippen LogP contribution >= 0.6 is 28.1 Å². The van der Waals surface area contributed by atoms with Crippen LogP contribution in [0, 0.1) is 0 Å². The van der Waals surface area contributed by atoms with Gasteiger partial charge in [0.15, 0.2) is 5.11 Å². The van der Waals surface area contributed by atoms with Crippen molar-refractivity contribution < 1.29 is 19.1 Å². The van der Waals surface area contributed by atoms with Gasteiger partial charge in [0.05, 0.1) is 23.9 Å². The average Bonchev–Trinajstić information content (AvgIpc) is 2.79. The fourth-order valence-corrected chi connectivity index (χ4v) is 3.93. The Hall–Kier alpha value is -2.95. The number of nitrogens with zero attached hydrogens (tertiary/aromatic N) is 1. The number of nitrogens with one attached hydrogen (secondary N) is 3. The average molecular weight is 533 g/mol. The number of allylic oxidation sites excluding steroid dienone is 1. The Labute approximate surface area is 206 Å². The van der Waals surface area contributed by atoms with Crippen LogP contribution < -0.4 is 16.0 Å². The highest BCUT2D eigenvalue weighted by Gasteiger charge is 2.33. The van der Waals surface area contributed by atoms with Gasteiger partial charge in [0.25, 0.3) is 0 Å². The minimum Gasteiger partial charge on any atom is -0.460 e. The molecule has 1 aliphatic heterocycles. The number of hydrogen-bond donors (Lipinski definition) is 3. The summed E-state index contributed by atoms with van der Waals surface area (Å²) in [6.07, 6.45) is 0. The number of thiocarbonyl (C=S) groups is 1. The maximum atomic E-state index is 12.9. The van der Waals surface area contributed by atoms with Crippen molar-refractivity contribution in [3.8, 4) is 0 Å². The van der Waals surface area contributed by atoms with Gasteiger partial charge >= 0.3 is 12.0 Å². The van der Waals surface area contributed by atoms with E-state index in [-0.39, 0.29) is 6.61 Å². The summed E-state index contributed by atoms with van der Waals surface area (Å²) in [7, 11) is 3.33. The maximum Gasteiger partial charge on any atom is 0.338 e. The molecule has 0 bridgehead atoms. The summed E-state index contributed by atoms with van der Waals surface area (Å²) in [5.41, 5.74) is 3.09. The van der Waals surface area contributed by atoms with Crippen LogP contribution in [0.25, 0.3) is 0 Å². The molecular weight excluding hydrogens is 508 g/mol. The first-order valence-corrected chi connectivity index (χ1v) is 11.4. The number of hydrogen-bond acceptors (Lipinski definition) is 5. The lowest BCUT2D eigenvalue weighted by molar-refractivity contribution is -0.140. The summed E-state index contributed by atoms with van der Waals surface area (Å²) < 4.78 is 11.1. The minimum atomic E-state index is -0.531. The Morgan fingerprint density at radius 2 is 1.91 bits per heavy atom. The van der Waals surface area contributed by atoms with Crippen molar-refractivity contribution >= 4 is 56.6 Å². The first-order valence-electron chi connectivity index (χ1n) is 10.2. The molecule has 10 heteroatoms. The van der Waals surface area contributed by atoms with Crippen LogP contribution in [-0.4, -0.2) is 49.4 Å². The predicted molar refractivity (Wildman–Crippen MR) is 135 cm³/mol. The Bertz CT molecular complexity index is 1090. The molecule has 1 atom stereocenters. The molecule has 0 spiro atoms. The number of para-hydroxylation sites is 1. The Morgan fingerprint density at radius 1 is 1.15 bits per heavy atom. The van der Waals surface area contributed by atoms with E-state index in [4.69, 9.17) is 21.7 Å². The van der Waals surface area contributed by atoms with Crippen LogP contribution in [0.1, 0.15) is 18.5 Å². The van der Waals surface area contributed by atoms with Gasteiger partial charge in [-0.3, -0.25) is 0 Å². The molecule has 174 valence electrons. The van der Waals surface area contributed by atoms with E-state index in [0.717, 1.165) is 10.0 Å². The maximum absolute atomic E-state index is 12.9. The van der Waals surface area contributed by atoms with Gasteiger partial charge in [-0.05, 0) is 64.9 Å². The van der Waals surface area contributed by atoms with E-state index in [1.54, 1.807) is 43.3 Å². The van der Waals surface area contributed by atoms with Gasteiger partial charge in [0.2, 0.25) is 0 Å². The van der Waals surface area contributed by atoms with Crippen molar-refractivity contribution in [2.75, 3.05) is 38.0 Å². The highest BCUT2D eigenvalue weighted by Crippen LogP contribution is 2.32. The summed E-state index contributed by atoms with van der Waals surface area (Å²) in [5.74, 6) is -0.457. The lowest BCUT2D eigenvalue weighted by Crippen LogP contribution is -2.46. The number of amides is 2. The van der Waals surface area contributed by atoms with Crippen molar-refractivity contribution in [1.82, 2.24) is 10.2 Å². The van der Waals surface area contributed by atoms with Crippen molar-refractivity contribution in [1.29, 1.82) is 0 Å². The van der Waals surface area contributed by atoms with Crippen molar-refractivity contribution in [2.24, 2.45) is 0 Å². The monoisotopic (exact) mass is 532 g/mol. The lowest BCUT2D eigenvalue weighted by atomic mass is 9.95. The minimum absolute atomic E-state index is 0.143. The number of methoxy groups -OCH3 is 1. The molecule has 3 rings (SSSR count). The number of rotatable bonds is 7. The second-order valence-electron chi connectivity index (χ2n) is 7.25. The normalized spacial score (nSPS) is 15.7. The quantitative estimate of drug-likeness (QED) is 0.276. The molecule has 0 fully saturated rings. The molecule has 2 aromatic rings. The molecular formula is C23H25BrN4O4S. The van der Waals surface area contributed by atoms with Gasteiger partial charge in [-0.25, -0.2) is 9.59 Å². The van der Waals surface area contributed by atoms with Gasteiger partial charge in [0, 0.05) is 30.0 Å². The highest BCUT2D eigenvalue weighted by atomic mass is 79.9. The van der Waals surface area contributed by atoms with Crippen LogP contribution in [0.4, 0.5) is 16.2 Å². The van der Waals surface area contributed by atoms with Crippen LogP contribution in [0.3, 0.4) is 0 Å². The van der Waals surface area contributed by atoms with Gasteiger partial charge in [-0.2, -0.15) is 0 Å². The smallest absolute Gasteiger partial charge is 0.338 e. The summed E-state index contributed by atoms with van der Waals surface area (Å²) in [5, 5.41) is 9.30. The molecule has 8 nitrogen and oxygen atoms in total. The second kappa shape index (κ2) is 11.3. The molecule has 0 aromatic heterocycles. The molecule has 3 N–H and O–H groups in total. The largest absolute Gasteiger partial charge is 0.460 e. The summed E-state index contributed by atoms with van der Waals surface area (Å²) >= 11 is 8.85. The molecule has 33 heavy (non-hydrogen) atoms. The number of esters is 1. The van der Waals surface area contributed by atoms with Gasteiger partial charge in [0.1, 0.15) is 6.61 Å². The number of urea groups is 1. The Kier molecular flexibility index (Phi) is 8.43. The molecule has 0 saturated heterocycles. The summed E-state index contributed by atoms with van der Waals surface area (Å²) in [4.78, 5) is 27.1. The SMILES string of the molecule is COCCOC(=O)C1=C(C)N(C)C(=S)NC1c1cccc(NC(=O)Nc2ccccc2Br)c1. The standard InChI is InChI=1S/C23H25BrN4O4S/c1-14-19(21(29)32-12-11-31-3)20(27-23(33)28(14)2)15-7-6-8-16(13-15)25-22(30)26-18-10-5-4-9-17(18)24/h4-10,13,20H,11-12H2,1-3H3,(H,27,33)(H2,25,26,30). The summed E-state index contributed by atoms with van der Waals surface area (Å²) in [6.45, 7) is 2.26. The molecule has 1 unspecified atom stereocenters. The third kappa shape index (κ3) is 6.10. The number of benzene rings is 2. The first-order chi connectivity index (χ1) is 15.8. The van der Waals surface area contributed by atoms with Crippen molar-refractivity contribution in [3.05, 3.63) is 69.8 Å². The third-order valence-electron chi connectivity index (χ3n) is 5.09. The Morgan fingerprint density at radius 3 is 2.64 bits per heavy atom. The van der Waals surface area contributed by atoms with Crippen LogP contribution in [0.15, 0.2) is 64.3 Å². The molecule has 2 amide bonds. The van der Waals surface area contributed by atoms with Crippen LogP contribution in [0.2, 0.25) is 0 Å². The summed E-state index contributed by atoms with van der Waals surface area (Å²) in [6, 6.07) is 13.6. The zero-order valence-corrected chi connectivity index (χ0v) is 20.9. The molecule has 0 aliphatic carbocycles. The second-order valence-corrected chi connectivity index (χ2v) is 8.49. The van der Waals surface area contributed by atoms with E-state index in [0.29, 0.717) is 34.4 Å². The van der Waals surface area contributed by atoms with Gasteiger partial charge in [-0.15, -0.1) is 0 Å². The van der Waals surface area contributed by atoms with E-state index in [9.17, 15) is 9.59 Å². The molecule has 0 saturated carbocycles. The van der Waals surface area contributed by atoms with Gasteiger partial charge in [-0.1, -0.05) is 24.3 Å². The highest BCUT2D eigenvalue weighted by molar-refractivity contribution is 9.10. The zero-order chi connectivity index (χ0) is 24.0. The fraction of sp³-hybridized carbons (Fsp3) is 0.261. The molecule has 2 aromatic carbocycles. The van der Waals surface area contributed by atoms with E-state index >= 15 is 0 Å². The van der Waals surface area contributed by atoms with Gasteiger partial charge < -0.3 is 30.3 Å². The number of halogens is 1. The fourth-order valence-electron chi connectivity index (χ4n) is 3.29. The first kappa shape index (κ1) is 24.7. The van der Waals surface area contributed by atoms with E-state index in [1.807, 2.05) is 31.2 Å². The topological polar surface area (TPSA) is 91.9 Å². The number of ether oxygens (including phenoxy) is 2. The lowest BCUT2D eigenvalue weighted by Gasteiger charge is -2.35. The van der Waals surface area contributed by atoms with Crippen molar-refractivity contribution in [3.63, 3.8) is 0 Å². The number of carbonyl (C=O) groups excluding carboxylic acids is 2. The molecule has 1 aliphatic rings. The predicted octanol–water partition coefficient (Wildman–Crippen LogP) is 4.42. The van der Waals surface area contributed by atoms with Crippen LogP contribution in [-0.2, 0) is 14.3 Å². The van der Waals surface area contributed by atoms with Crippen LogP contribution in [0.5, 0.6) is 0 Å².